The van der Waals surface area contributed by atoms with Gasteiger partial charge in [0.15, 0.2) is 12.4 Å². The summed E-state index contributed by atoms with van der Waals surface area (Å²) in [5.41, 5.74) is -0.890. The molecule has 9 nitrogen and oxygen atoms in total. The topological polar surface area (TPSA) is 124 Å². The van der Waals surface area contributed by atoms with Crippen molar-refractivity contribution in [3.63, 3.8) is 0 Å². The number of nitro benzene ring substituents is 1. The van der Waals surface area contributed by atoms with Gasteiger partial charge in [-0.2, -0.15) is 0 Å². The van der Waals surface area contributed by atoms with Crippen LogP contribution in [0.2, 0.25) is 0 Å². The number of nitrogens with zero attached hydrogens (tertiary/aromatic N) is 2. The van der Waals surface area contributed by atoms with Gasteiger partial charge in [-0.05, 0) is 24.6 Å². The maximum atomic E-state index is 13.1. The molecule has 0 bridgehead atoms. The standard InChI is InChI=1S/C26H20N2O7/c1-2-27(14-16-8-4-3-5-9-16)21(29)15-35-26(32)20-13-12-19-22(23(20)28(33)34)25(31)18-11-7-6-10-17(18)24(19)30/h3-13H,2,14-15H2,1H3. The first kappa shape index (κ1) is 23.5. The molecule has 0 atom stereocenters. The van der Waals surface area contributed by atoms with Crippen molar-refractivity contribution < 1.29 is 28.8 Å². The van der Waals surface area contributed by atoms with Gasteiger partial charge < -0.3 is 9.64 Å². The molecule has 1 aliphatic carbocycles. The number of carbonyl (C=O) groups is 4. The van der Waals surface area contributed by atoms with E-state index >= 15 is 0 Å². The van der Waals surface area contributed by atoms with E-state index in [1.165, 1.54) is 23.1 Å². The second-order valence-electron chi connectivity index (χ2n) is 7.81. The third kappa shape index (κ3) is 4.43. The van der Waals surface area contributed by atoms with Gasteiger partial charge in [-0.3, -0.25) is 24.5 Å². The van der Waals surface area contributed by atoms with E-state index in [0.717, 1.165) is 11.6 Å². The van der Waals surface area contributed by atoms with Crippen molar-refractivity contribution in [1.82, 2.24) is 4.90 Å². The fourth-order valence-electron chi connectivity index (χ4n) is 4.00. The molecule has 0 aromatic heterocycles. The zero-order valence-electron chi connectivity index (χ0n) is 18.7. The molecule has 1 aliphatic rings. The highest BCUT2D eigenvalue weighted by molar-refractivity contribution is 6.30. The van der Waals surface area contributed by atoms with Crippen LogP contribution in [0.5, 0.6) is 0 Å². The average molecular weight is 472 g/mol. The second-order valence-corrected chi connectivity index (χ2v) is 7.81. The highest BCUT2D eigenvalue weighted by atomic mass is 16.6. The molecular weight excluding hydrogens is 452 g/mol. The van der Waals surface area contributed by atoms with Crippen LogP contribution >= 0.6 is 0 Å². The van der Waals surface area contributed by atoms with Gasteiger partial charge in [-0.25, -0.2) is 4.79 Å². The molecule has 0 saturated heterocycles. The highest BCUT2D eigenvalue weighted by Gasteiger charge is 2.39. The van der Waals surface area contributed by atoms with E-state index < -0.39 is 51.8 Å². The number of ether oxygens (including phenoxy) is 1. The summed E-state index contributed by atoms with van der Waals surface area (Å²) >= 11 is 0. The molecule has 0 spiro atoms. The van der Waals surface area contributed by atoms with Crippen molar-refractivity contribution in [3.05, 3.63) is 110 Å². The number of ketones is 2. The lowest BCUT2D eigenvalue weighted by Gasteiger charge is -2.21. The van der Waals surface area contributed by atoms with E-state index in [0.29, 0.717) is 13.1 Å². The Morgan fingerprint density at radius 2 is 1.51 bits per heavy atom. The fourth-order valence-corrected chi connectivity index (χ4v) is 4.00. The van der Waals surface area contributed by atoms with Gasteiger partial charge in [-0.1, -0.05) is 54.6 Å². The number of fused-ring (bicyclic) bond motifs is 2. The normalized spacial score (nSPS) is 11.9. The lowest BCUT2D eigenvalue weighted by Crippen LogP contribution is -2.34. The zero-order valence-corrected chi connectivity index (χ0v) is 18.7. The highest BCUT2D eigenvalue weighted by Crippen LogP contribution is 2.35. The number of carbonyl (C=O) groups excluding carboxylic acids is 4. The molecule has 176 valence electrons. The predicted molar refractivity (Wildman–Crippen MR) is 124 cm³/mol. The zero-order chi connectivity index (χ0) is 25.1. The number of nitro groups is 1. The van der Waals surface area contributed by atoms with E-state index in [1.807, 2.05) is 30.3 Å². The monoisotopic (exact) mass is 472 g/mol. The number of amides is 1. The Hall–Kier alpha value is -4.66. The quantitative estimate of drug-likeness (QED) is 0.229. The summed E-state index contributed by atoms with van der Waals surface area (Å²) in [7, 11) is 0. The van der Waals surface area contributed by atoms with Crippen LogP contribution in [-0.2, 0) is 16.1 Å². The summed E-state index contributed by atoms with van der Waals surface area (Å²) < 4.78 is 5.09. The third-order valence-electron chi connectivity index (χ3n) is 5.75. The van der Waals surface area contributed by atoms with E-state index in [1.54, 1.807) is 19.1 Å². The summed E-state index contributed by atoms with van der Waals surface area (Å²) in [6.07, 6.45) is 0. The molecule has 3 aromatic carbocycles. The fraction of sp³-hybridized carbons (Fsp3) is 0.154. The maximum absolute atomic E-state index is 13.1. The Morgan fingerprint density at radius 1 is 0.886 bits per heavy atom. The Morgan fingerprint density at radius 3 is 2.14 bits per heavy atom. The minimum atomic E-state index is -1.14. The molecule has 0 fully saturated rings. The van der Waals surface area contributed by atoms with Crippen molar-refractivity contribution in [2.45, 2.75) is 13.5 Å². The van der Waals surface area contributed by atoms with Crippen LogP contribution in [-0.4, -0.2) is 46.4 Å². The van der Waals surface area contributed by atoms with Crippen LogP contribution in [0.3, 0.4) is 0 Å². The minimum absolute atomic E-state index is 0.0216. The first-order valence-electron chi connectivity index (χ1n) is 10.8. The molecule has 0 N–H and O–H groups in total. The number of likely N-dealkylation sites (N-methyl/N-ethyl adjacent to an activating group) is 1. The van der Waals surface area contributed by atoms with Gasteiger partial charge in [0.05, 0.1) is 4.92 Å². The number of esters is 1. The molecule has 0 aliphatic heterocycles. The van der Waals surface area contributed by atoms with Gasteiger partial charge in [0.25, 0.3) is 11.6 Å². The Bertz CT molecular complexity index is 1370. The van der Waals surface area contributed by atoms with Crippen LogP contribution in [0.25, 0.3) is 0 Å². The molecule has 0 saturated carbocycles. The Kier molecular flexibility index (Phi) is 6.50. The van der Waals surface area contributed by atoms with E-state index in [4.69, 9.17) is 4.74 Å². The summed E-state index contributed by atoms with van der Waals surface area (Å²) in [6, 6.07) is 17.5. The van der Waals surface area contributed by atoms with Crippen molar-refractivity contribution in [1.29, 1.82) is 0 Å². The molecule has 4 rings (SSSR count). The second kappa shape index (κ2) is 9.68. The van der Waals surface area contributed by atoms with Crippen LogP contribution in [0.15, 0.2) is 66.7 Å². The van der Waals surface area contributed by atoms with Gasteiger partial charge >= 0.3 is 5.97 Å². The lowest BCUT2D eigenvalue weighted by atomic mass is 9.82. The smallest absolute Gasteiger partial charge is 0.345 e. The van der Waals surface area contributed by atoms with E-state index in [-0.39, 0.29) is 16.7 Å². The molecule has 0 radical (unpaired) electrons. The maximum Gasteiger partial charge on any atom is 0.345 e. The largest absolute Gasteiger partial charge is 0.452 e. The van der Waals surface area contributed by atoms with Crippen molar-refractivity contribution in [2.75, 3.05) is 13.2 Å². The van der Waals surface area contributed by atoms with E-state index in [9.17, 15) is 29.3 Å². The lowest BCUT2D eigenvalue weighted by molar-refractivity contribution is -0.385. The summed E-state index contributed by atoms with van der Waals surface area (Å²) in [5, 5.41) is 11.9. The first-order chi connectivity index (χ1) is 16.8. The van der Waals surface area contributed by atoms with Gasteiger partial charge in [0.1, 0.15) is 11.1 Å². The molecule has 3 aromatic rings. The van der Waals surface area contributed by atoms with Crippen LogP contribution < -0.4 is 0 Å². The van der Waals surface area contributed by atoms with Crippen LogP contribution in [0.4, 0.5) is 5.69 Å². The van der Waals surface area contributed by atoms with Crippen molar-refractivity contribution in [2.24, 2.45) is 0 Å². The van der Waals surface area contributed by atoms with Gasteiger partial charge in [0, 0.05) is 29.8 Å². The van der Waals surface area contributed by atoms with Gasteiger partial charge in [0.2, 0.25) is 5.78 Å². The van der Waals surface area contributed by atoms with Gasteiger partial charge in [-0.15, -0.1) is 0 Å². The number of benzene rings is 3. The molecule has 9 heteroatoms. The van der Waals surface area contributed by atoms with Crippen molar-refractivity contribution in [3.8, 4) is 0 Å². The molecular formula is C26H20N2O7. The molecule has 35 heavy (non-hydrogen) atoms. The van der Waals surface area contributed by atoms with Crippen LogP contribution in [0, 0.1) is 10.1 Å². The number of hydrogen-bond donors (Lipinski definition) is 0. The molecule has 0 unspecified atom stereocenters. The Balaban J connectivity index is 1.59. The Labute approximate surface area is 200 Å². The predicted octanol–water partition coefficient (Wildman–Crippen LogP) is 3.58. The first-order valence-corrected chi connectivity index (χ1v) is 10.8. The number of hydrogen-bond acceptors (Lipinski definition) is 7. The third-order valence-corrected chi connectivity index (χ3v) is 5.75. The summed E-state index contributed by atoms with van der Waals surface area (Å²) in [6.45, 7) is 1.81. The minimum Gasteiger partial charge on any atom is -0.452 e. The molecule has 1 amide bonds. The van der Waals surface area contributed by atoms with E-state index in [2.05, 4.69) is 0 Å². The van der Waals surface area contributed by atoms with Crippen LogP contribution in [0.1, 0.15) is 54.7 Å². The molecule has 0 heterocycles. The number of rotatable bonds is 7. The average Bonchev–Trinajstić information content (AvgIpc) is 2.88. The van der Waals surface area contributed by atoms with Crippen molar-refractivity contribution >= 4 is 29.1 Å². The summed E-state index contributed by atoms with van der Waals surface area (Å²) in [5.74, 6) is -2.89. The SMILES string of the molecule is CCN(Cc1ccccc1)C(=O)COC(=O)c1ccc2c(c1[N+](=O)[O-])C(=O)c1ccccc1C2=O. The summed E-state index contributed by atoms with van der Waals surface area (Å²) in [4.78, 5) is 63.8.